The Kier molecular flexibility index (Phi) is 4.45. The molecule has 0 bridgehead atoms. The van der Waals surface area contributed by atoms with Gasteiger partial charge in [0.05, 0.1) is 22.6 Å². The predicted octanol–water partition coefficient (Wildman–Crippen LogP) is 2.72. The first kappa shape index (κ1) is 17.9. The molecule has 0 saturated heterocycles. The molecule has 1 atom stereocenters. The number of pyridine rings is 1. The van der Waals surface area contributed by atoms with Gasteiger partial charge in [0, 0.05) is 30.6 Å². The first-order chi connectivity index (χ1) is 12.2. The molecule has 1 N–H and O–H groups in total. The number of aromatic nitrogens is 1. The molecule has 0 spiro atoms. The van der Waals surface area contributed by atoms with E-state index < -0.39 is 22.6 Å². The van der Waals surface area contributed by atoms with Crippen molar-refractivity contribution in [3.8, 4) is 11.1 Å². The number of nitrogens with zero attached hydrogens (tertiary/aromatic N) is 3. The second kappa shape index (κ2) is 6.45. The van der Waals surface area contributed by atoms with Gasteiger partial charge >= 0.3 is 0 Å². The van der Waals surface area contributed by atoms with Crippen molar-refractivity contribution in [2.24, 2.45) is 0 Å². The number of aliphatic hydroxyl groups is 1. The maximum absolute atomic E-state index is 14.2. The molecule has 0 aliphatic carbocycles. The van der Waals surface area contributed by atoms with Crippen molar-refractivity contribution >= 4 is 11.6 Å². The third-order valence-corrected chi connectivity index (χ3v) is 4.44. The molecule has 0 radical (unpaired) electrons. The summed E-state index contributed by atoms with van der Waals surface area (Å²) in [4.78, 5) is 28.7. The van der Waals surface area contributed by atoms with Crippen molar-refractivity contribution in [1.82, 2.24) is 9.88 Å². The molecule has 8 heteroatoms. The summed E-state index contributed by atoms with van der Waals surface area (Å²) in [6.07, 6.45) is 1.39. The van der Waals surface area contributed by atoms with Crippen LogP contribution in [0.2, 0.25) is 0 Å². The summed E-state index contributed by atoms with van der Waals surface area (Å²) in [6, 6.07) is 6.08. The van der Waals surface area contributed by atoms with Gasteiger partial charge in [-0.2, -0.15) is 0 Å². The number of nitro groups is 1. The normalized spacial score (nSPS) is 15.1. The van der Waals surface area contributed by atoms with Crippen LogP contribution >= 0.6 is 0 Å². The molecular formula is C18H18FN3O4. The van der Waals surface area contributed by atoms with E-state index in [-0.39, 0.29) is 18.8 Å². The van der Waals surface area contributed by atoms with E-state index in [9.17, 15) is 24.4 Å². The number of fused-ring (bicyclic) bond motifs is 1. The molecule has 26 heavy (non-hydrogen) atoms. The van der Waals surface area contributed by atoms with Crippen LogP contribution in [0.5, 0.6) is 0 Å². The van der Waals surface area contributed by atoms with Gasteiger partial charge in [-0.05, 0) is 43.2 Å². The highest BCUT2D eigenvalue weighted by Crippen LogP contribution is 2.36. The highest BCUT2D eigenvalue weighted by atomic mass is 19.1. The van der Waals surface area contributed by atoms with Gasteiger partial charge in [-0.25, -0.2) is 4.39 Å². The molecule has 3 rings (SSSR count). The van der Waals surface area contributed by atoms with E-state index in [1.54, 1.807) is 12.1 Å². The molecule has 7 nitrogen and oxygen atoms in total. The predicted molar refractivity (Wildman–Crippen MR) is 92.3 cm³/mol. The number of benzene rings is 1. The fraction of sp³-hybridized carbons (Fsp3) is 0.333. The topological polar surface area (TPSA) is 96.6 Å². The Bertz CT molecular complexity index is 865. The Morgan fingerprint density at radius 3 is 2.58 bits per heavy atom. The molecule has 1 aromatic carbocycles. The Hall–Kier alpha value is -2.87. The van der Waals surface area contributed by atoms with Gasteiger partial charge in [0.1, 0.15) is 6.17 Å². The first-order valence-electron chi connectivity index (χ1n) is 8.06. The summed E-state index contributed by atoms with van der Waals surface area (Å²) in [5.41, 5.74) is -0.0357. The smallest absolute Gasteiger partial charge is 0.277 e. The second-order valence-electron chi connectivity index (χ2n) is 6.83. The maximum atomic E-state index is 14.2. The molecule has 2 heterocycles. The molecule has 2 aromatic rings. The summed E-state index contributed by atoms with van der Waals surface area (Å²) in [6.45, 7) is 2.45. The van der Waals surface area contributed by atoms with Gasteiger partial charge in [0.25, 0.3) is 11.6 Å². The fourth-order valence-electron chi connectivity index (χ4n) is 2.89. The van der Waals surface area contributed by atoms with Crippen LogP contribution in [0.4, 0.5) is 10.1 Å². The van der Waals surface area contributed by atoms with Crippen molar-refractivity contribution in [2.75, 3.05) is 6.54 Å². The maximum Gasteiger partial charge on any atom is 0.277 e. The van der Waals surface area contributed by atoms with Crippen LogP contribution < -0.4 is 0 Å². The average Bonchev–Trinajstić information content (AvgIpc) is 2.89. The van der Waals surface area contributed by atoms with E-state index in [1.165, 1.54) is 43.3 Å². The molecule has 136 valence electrons. The van der Waals surface area contributed by atoms with Crippen molar-refractivity contribution in [1.29, 1.82) is 0 Å². The van der Waals surface area contributed by atoms with Crippen molar-refractivity contribution in [3.63, 3.8) is 0 Å². The van der Waals surface area contributed by atoms with Gasteiger partial charge in [0.2, 0.25) is 0 Å². The van der Waals surface area contributed by atoms with Crippen LogP contribution in [0.1, 0.15) is 29.8 Å². The Morgan fingerprint density at radius 2 is 2.00 bits per heavy atom. The molecule has 0 fully saturated rings. The van der Waals surface area contributed by atoms with Crippen LogP contribution in [0.25, 0.3) is 11.1 Å². The van der Waals surface area contributed by atoms with Crippen LogP contribution in [0.3, 0.4) is 0 Å². The summed E-state index contributed by atoms with van der Waals surface area (Å²) in [7, 11) is 0. The Labute approximate surface area is 149 Å². The Balaban J connectivity index is 1.99. The molecule has 1 amide bonds. The first-order valence-corrected chi connectivity index (χ1v) is 8.06. The summed E-state index contributed by atoms with van der Waals surface area (Å²) < 4.78 is 14.2. The van der Waals surface area contributed by atoms with Crippen LogP contribution in [-0.2, 0) is 6.54 Å². The summed E-state index contributed by atoms with van der Waals surface area (Å²) >= 11 is 0. The number of hydrogen-bond acceptors (Lipinski definition) is 5. The largest absolute Gasteiger partial charge is 0.387 e. The van der Waals surface area contributed by atoms with Crippen molar-refractivity contribution in [3.05, 3.63) is 57.9 Å². The zero-order chi connectivity index (χ0) is 19.1. The van der Waals surface area contributed by atoms with E-state index in [2.05, 4.69) is 4.98 Å². The molecular weight excluding hydrogens is 341 g/mol. The Morgan fingerprint density at radius 1 is 1.35 bits per heavy atom. The third kappa shape index (κ3) is 3.28. The number of nitro benzene ring substituents is 1. The third-order valence-electron chi connectivity index (χ3n) is 4.44. The molecule has 1 aromatic heterocycles. The number of rotatable bonds is 5. The lowest BCUT2D eigenvalue weighted by molar-refractivity contribution is -0.384. The molecule has 1 aliphatic heterocycles. The number of carbonyl (C=O) groups excluding carboxylic acids is 1. The summed E-state index contributed by atoms with van der Waals surface area (Å²) in [5, 5.41) is 21.2. The lowest BCUT2D eigenvalue weighted by Gasteiger charge is -2.26. The minimum atomic E-state index is -1.63. The summed E-state index contributed by atoms with van der Waals surface area (Å²) in [5.74, 6) is -0.405. The van der Waals surface area contributed by atoms with Crippen LogP contribution in [-0.4, -0.2) is 44.1 Å². The number of carbonyl (C=O) groups is 1. The van der Waals surface area contributed by atoms with Gasteiger partial charge in [0.15, 0.2) is 0 Å². The second-order valence-corrected chi connectivity index (χ2v) is 6.83. The van der Waals surface area contributed by atoms with Crippen molar-refractivity contribution in [2.45, 2.75) is 32.2 Å². The number of halogens is 1. The van der Waals surface area contributed by atoms with E-state index in [0.29, 0.717) is 22.3 Å². The average molecular weight is 359 g/mol. The lowest BCUT2D eigenvalue weighted by atomic mass is 9.99. The zero-order valence-electron chi connectivity index (χ0n) is 14.3. The number of alkyl halides is 1. The molecule has 1 aliphatic rings. The SMILES string of the molecule is CC(C)(O)[C@H](F)CN1Cc2cc([N+](=O)[O-])c(-c3ccncc3)cc2C1=O. The van der Waals surface area contributed by atoms with E-state index in [4.69, 9.17) is 0 Å². The van der Waals surface area contributed by atoms with E-state index in [0.717, 1.165) is 0 Å². The highest BCUT2D eigenvalue weighted by molar-refractivity contribution is 6.00. The standard InChI is InChI=1S/C18H18FN3O4/c1-18(2,24)16(19)10-21-9-12-7-15(22(25)26)13(8-14(12)17(21)23)11-3-5-20-6-4-11/h3-8,16,24H,9-10H2,1-2H3/t16-/m1/s1. The minimum Gasteiger partial charge on any atom is -0.387 e. The quantitative estimate of drug-likeness (QED) is 0.654. The van der Waals surface area contributed by atoms with E-state index >= 15 is 0 Å². The van der Waals surface area contributed by atoms with Gasteiger partial charge in [-0.15, -0.1) is 0 Å². The number of amides is 1. The monoisotopic (exact) mass is 359 g/mol. The molecule has 0 unspecified atom stereocenters. The van der Waals surface area contributed by atoms with Crippen LogP contribution in [0.15, 0.2) is 36.7 Å². The lowest BCUT2D eigenvalue weighted by Crippen LogP contribution is -2.42. The van der Waals surface area contributed by atoms with Gasteiger partial charge in [-0.3, -0.25) is 19.9 Å². The minimum absolute atomic E-state index is 0.0716. The van der Waals surface area contributed by atoms with Crippen LogP contribution in [0, 0.1) is 10.1 Å². The highest BCUT2D eigenvalue weighted by Gasteiger charge is 2.36. The van der Waals surface area contributed by atoms with E-state index in [1.807, 2.05) is 0 Å². The molecule has 0 saturated carbocycles. The zero-order valence-corrected chi connectivity index (χ0v) is 14.3. The number of hydrogen-bond donors (Lipinski definition) is 1. The fourth-order valence-corrected chi connectivity index (χ4v) is 2.89. The van der Waals surface area contributed by atoms with Gasteiger partial charge in [-0.1, -0.05) is 0 Å². The van der Waals surface area contributed by atoms with Gasteiger partial charge < -0.3 is 10.0 Å². The van der Waals surface area contributed by atoms with Crippen molar-refractivity contribution < 1.29 is 19.2 Å².